The molecule has 0 radical (unpaired) electrons. The third-order valence-electron chi connectivity index (χ3n) is 9.55. The van der Waals surface area contributed by atoms with Gasteiger partial charge in [-0.15, -0.1) is 0 Å². The second-order valence-electron chi connectivity index (χ2n) is 12.3. The van der Waals surface area contributed by atoms with Crippen LogP contribution in [0.2, 0.25) is 0 Å². The average Bonchev–Trinajstić information content (AvgIpc) is 3.66. The third kappa shape index (κ3) is 3.94. The van der Waals surface area contributed by atoms with Crippen LogP contribution in [0.25, 0.3) is 88.1 Å². The zero-order chi connectivity index (χ0) is 31.9. The van der Waals surface area contributed by atoms with E-state index < -0.39 is 0 Å². The van der Waals surface area contributed by atoms with Crippen molar-refractivity contribution in [1.29, 1.82) is 0 Å². The minimum atomic E-state index is -0.341. The molecule has 0 amide bonds. The molecule has 0 unspecified atom stereocenters. The number of para-hydroxylation sites is 2. The topological polar surface area (TPSA) is 22.2 Å². The summed E-state index contributed by atoms with van der Waals surface area (Å²) in [6, 6.07) is 49.2. The van der Waals surface area contributed by atoms with Crippen LogP contribution in [0.1, 0.15) is 0 Å². The molecule has 0 aliphatic carbocycles. The van der Waals surface area contributed by atoms with Gasteiger partial charge in [0.1, 0.15) is 17.5 Å². The fourth-order valence-electron chi connectivity index (χ4n) is 7.47. The van der Waals surface area contributed by atoms with Crippen LogP contribution in [-0.4, -0.2) is 14.0 Å². The summed E-state index contributed by atoms with van der Waals surface area (Å²) in [5.41, 5.74) is 8.21. The largest absolute Gasteiger partial charge is 0.309 e. The second kappa shape index (κ2) is 10.1. The van der Waals surface area contributed by atoms with Crippen LogP contribution < -0.4 is 0 Å². The Labute approximate surface area is 273 Å². The van der Waals surface area contributed by atoms with Crippen molar-refractivity contribution in [2.75, 3.05) is 0 Å². The van der Waals surface area contributed by atoms with E-state index in [0.717, 1.165) is 54.9 Å². The van der Waals surface area contributed by atoms with E-state index in [1.807, 2.05) is 30.3 Å². The Morgan fingerprint density at radius 2 is 1.00 bits per heavy atom. The smallest absolute Gasteiger partial charge is 0.138 e. The first-order valence-corrected chi connectivity index (χ1v) is 15.9. The summed E-state index contributed by atoms with van der Waals surface area (Å²) in [4.78, 5) is 5.14. The second-order valence-corrected chi connectivity index (χ2v) is 12.3. The van der Waals surface area contributed by atoms with Crippen molar-refractivity contribution in [1.82, 2.24) is 14.0 Å². The lowest BCUT2D eigenvalue weighted by Gasteiger charge is -2.13. The zero-order valence-electron chi connectivity index (χ0n) is 25.5. The Kier molecular flexibility index (Phi) is 5.64. The van der Waals surface area contributed by atoms with Crippen molar-refractivity contribution in [2.45, 2.75) is 0 Å². The summed E-state index contributed by atoms with van der Waals surface area (Å²) in [7, 11) is 0. The van der Waals surface area contributed by atoms with E-state index in [2.05, 4.69) is 93.9 Å². The fourth-order valence-corrected chi connectivity index (χ4v) is 7.47. The van der Waals surface area contributed by atoms with Crippen LogP contribution in [0.5, 0.6) is 0 Å². The number of benzene rings is 6. The Morgan fingerprint density at radius 1 is 0.396 bits per heavy atom. The highest BCUT2D eigenvalue weighted by Crippen LogP contribution is 2.40. The van der Waals surface area contributed by atoms with E-state index in [0.29, 0.717) is 17.1 Å². The standard InChI is InChI=1S/C43H25F2N3/c44-30-11-7-9-26(19-30)28-21-37(27-10-8-12-31(45)20-27)46-43(24-28)48-39-18-6-4-16-35(39)36-25-40-29(23-42(36)48)22-41-34-15-2-1-13-32(34)33-14-3-5-17-38(33)47(40)41/h1-25H. The number of aromatic nitrogens is 3. The van der Waals surface area contributed by atoms with Crippen LogP contribution in [0.4, 0.5) is 8.78 Å². The number of halogens is 2. The molecule has 48 heavy (non-hydrogen) atoms. The summed E-state index contributed by atoms with van der Waals surface area (Å²) in [5.74, 6) is 0.00608. The van der Waals surface area contributed by atoms with Gasteiger partial charge in [-0.05, 0) is 83.2 Å². The molecule has 3 nitrogen and oxygen atoms in total. The van der Waals surface area contributed by atoms with E-state index in [4.69, 9.17) is 4.98 Å². The maximum Gasteiger partial charge on any atom is 0.138 e. The lowest BCUT2D eigenvalue weighted by molar-refractivity contribution is 0.628. The van der Waals surface area contributed by atoms with Gasteiger partial charge in [0, 0.05) is 32.5 Å². The Bertz CT molecular complexity index is 2870. The van der Waals surface area contributed by atoms with Gasteiger partial charge < -0.3 is 4.40 Å². The van der Waals surface area contributed by atoms with Gasteiger partial charge in [-0.1, -0.05) is 84.9 Å². The van der Waals surface area contributed by atoms with Gasteiger partial charge in [0.15, 0.2) is 0 Å². The first-order chi connectivity index (χ1) is 23.6. The number of nitrogens with zero attached hydrogens (tertiary/aromatic N) is 3. The summed E-state index contributed by atoms with van der Waals surface area (Å²) in [6.07, 6.45) is 0. The van der Waals surface area contributed by atoms with Gasteiger partial charge in [0.2, 0.25) is 0 Å². The molecule has 0 fully saturated rings. The molecule has 0 atom stereocenters. The summed E-state index contributed by atoms with van der Waals surface area (Å²) >= 11 is 0. The highest BCUT2D eigenvalue weighted by molar-refractivity contribution is 6.18. The molecule has 4 heterocycles. The van der Waals surface area contributed by atoms with Gasteiger partial charge in [-0.2, -0.15) is 0 Å². The predicted molar refractivity (Wildman–Crippen MR) is 193 cm³/mol. The minimum absolute atomic E-state index is 0.321. The van der Waals surface area contributed by atoms with Gasteiger partial charge >= 0.3 is 0 Å². The van der Waals surface area contributed by atoms with E-state index in [9.17, 15) is 8.78 Å². The van der Waals surface area contributed by atoms with Crippen LogP contribution >= 0.6 is 0 Å². The molecule has 0 aliphatic rings. The Balaban J connectivity index is 1.32. The van der Waals surface area contributed by atoms with Gasteiger partial charge in [-0.25, -0.2) is 13.8 Å². The molecule has 10 rings (SSSR count). The molecule has 10 aromatic rings. The third-order valence-corrected chi connectivity index (χ3v) is 9.55. The molecule has 5 heteroatoms. The summed E-state index contributed by atoms with van der Waals surface area (Å²) in [5, 5.41) is 6.95. The van der Waals surface area contributed by atoms with Crippen LogP contribution in [-0.2, 0) is 0 Å². The fraction of sp³-hybridized carbons (Fsp3) is 0. The zero-order valence-corrected chi connectivity index (χ0v) is 25.5. The number of fused-ring (bicyclic) bond motifs is 11. The van der Waals surface area contributed by atoms with Crippen molar-refractivity contribution in [3.63, 3.8) is 0 Å². The Morgan fingerprint density at radius 3 is 1.75 bits per heavy atom. The van der Waals surface area contributed by atoms with E-state index in [-0.39, 0.29) is 11.6 Å². The maximum absolute atomic E-state index is 14.5. The van der Waals surface area contributed by atoms with Crippen molar-refractivity contribution in [3.05, 3.63) is 163 Å². The number of hydrogen-bond acceptors (Lipinski definition) is 1. The van der Waals surface area contributed by atoms with Crippen molar-refractivity contribution in [2.24, 2.45) is 0 Å². The SMILES string of the molecule is Fc1cccc(-c2cc(-c3cccc(F)c3)nc(-n3c4ccccc4c4cc5c(cc43)cc3c4ccccc4c4ccccc4n53)c2)c1. The molecule has 0 spiro atoms. The lowest BCUT2D eigenvalue weighted by Crippen LogP contribution is -2.00. The normalized spacial score (nSPS) is 12.0. The number of pyridine rings is 2. The predicted octanol–water partition coefficient (Wildman–Crippen LogP) is 11.5. The first-order valence-electron chi connectivity index (χ1n) is 15.9. The van der Waals surface area contributed by atoms with Crippen LogP contribution in [0.15, 0.2) is 152 Å². The molecule has 6 aromatic carbocycles. The van der Waals surface area contributed by atoms with E-state index >= 15 is 0 Å². The number of rotatable bonds is 3. The minimum Gasteiger partial charge on any atom is -0.309 e. The monoisotopic (exact) mass is 621 g/mol. The summed E-state index contributed by atoms with van der Waals surface area (Å²) in [6.45, 7) is 0. The maximum atomic E-state index is 14.5. The Hall–Kier alpha value is -6.33. The van der Waals surface area contributed by atoms with E-state index in [1.165, 1.54) is 40.4 Å². The van der Waals surface area contributed by atoms with Crippen molar-refractivity contribution >= 4 is 59.9 Å². The molecular formula is C43H25F2N3. The highest BCUT2D eigenvalue weighted by atomic mass is 19.1. The van der Waals surface area contributed by atoms with Crippen LogP contribution in [0, 0.1) is 11.6 Å². The average molecular weight is 622 g/mol. The summed E-state index contributed by atoms with van der Waals surface area (Å²) < 4.78 is 33.5. The number of hydrogen-bond donors (Lipinski definition) is 0. The quantitative estimate of drug-likeness (QED) is 0.180. The molecule has 226 valence electrons. The van der Waals surface area contributed by atoms with Gasteiger partial charge in [0.25, 0.3) is 0 Å². The molecule has 0 saturated carbocycles. The van der Waals surface area contributed by atoms with E-state index in [1.54, 1.807) is 12.1 Å². The molecule has 0 aliphatic heterocycles. The molecule has 0 N–H and O–H groups in total. The lowest BCUT2D eigenvalue weighted by atomic mass is 10.0. The van der Waals surface area contributed by atoms with Crippen molar-refractivity contribution in [3.8, 4) is 28.2 Å². The van der Waals surface area contributed by atoms with Gasteiger partial charge in [-0.3, -0.25) is 4.57 Å². The molecular weight excluding hydrogens is 596 g/mol. The molecule has 4 aromatic heterocycles. The molecule has 0 saturated heterocycles. The molecule has 0 bridgehead atoms. The van der Waals surface area contributed by atoms with Crippen molar-refractivity contribution < 1.29 is 8.78 Å². The van der Waals surface area contributed by atoms with Crippen LogP contribution in [0.3, 0.4) is 0 Å². The highest BCUT2D eigenvalue weighted by Gasteiger charge is 2.19. The van der Waals surface area contributed by atoms with Gasteiger partial charge in [0.05, 0.1) is 33.3 Å². The first kappa shape index (κ1) is 26.8.